The second kappa shape index (κ2) is 9.46. The Morgan fingerprint density at radius 2 is 1.58 bits per heavy atom. The normalized spacial score (nSPS) is 10.5. The van der Waals surface area contributed by atoms with E-state index < -0.39 is 0 Å². The topological polar surface area (TPSA) is 70.2 Å². The summed E-state index contributed by atoms with van der Waals surface area (Å²) in [5.41, 5.74) is 1.95. The molecule has 0 aliphatic heterocycles. The maximum atomic E-state index is 12.0. The Labute approximate surface area is 163 Å². The van der Waals surface area contributed by atoms with Gasteiger partial charge in [0.2, 0.25) is 11.8 Å². The molecule has 0 radical (unpaired) electrons. The van der Waals surface area contributed by atoms with Gasteiger partial charge in [-0.15, -0.1) is 0 Å². The lowest BCUT2D eigenvalue weighted by Crippen LogP contribution is -2.22. The van der Waals surface area contributed by atoms with Crippen molar-refractivity contribution in [1.82, 2.24) is 0 Å². The summed E-state index contributed by atoms with van der Waals surface area (Å²) in [5, 5.41) is 9.24. The lowest BCUT2D eigenvalue weighted by Gasteiger charge is -2.11. The lowest BCUT2D eigenvalue weighted by molar-refractivity contribution is -0.117. The smallest absolute Gasteiger partial charge is 0.243 e. The molecule has 7 heteroatoms. The highest BCUT2D eigenvalue weighted by atomic mass is 35.5. The largest absolute Gasteiger partial charge is 0.376 e. The van der Waals surface area contributed by atoms with Crippen molar-refractivity contribution in [2.45, 2.75) is 20.3 Å². The number of rotatable bonds is 7. The number of carbonyl (C=O) groups excluding carboxylic acids is 2. The Balaban J connectivity index is 1.84. The molecule has 0 saturated heterocycles. The minimum atomic E-state index is -0.247. The standard InChI is InChI=1S/C19H21Cl2N3O2/c1-12(2)10-17(25)23-14-8-6-13(7-9-14)22-11-18(26)24-16-5-3-4-15(20)19(16)21/h3-9,12,22H,10-11H2,1-2H3,(H,23,25)(H,24,26). The van der Waals surface area contributed by atoms with Crippen molar-refractivity contribution in [1.29, 1.82) is 0 Å². The van der Waals surface area contributed by atoms with Crippen LogP contribution in [0.2, 0.25) is 10.0 Å². The predicted octanol–water partition coefficient (Wildman–Crippen LogP) is 5.03. The zero-order chi connectivity index (χ0) is 19.1. The van der Waals surface area contributed by atoms with Crippen molar-refractivity contribution in [2.24, 2.45) is 5.92 Å². The number of amides is 2. The van der Waals surface area contributed by atoms with Crippen molar-refractivity contribution < 1.29 is 9.59 Å². The third kappa shape index (κ3) is 6.24. The number of benzene rings is 2. The van der Waals surface area contributed by atoms with Gasteiger partial charge in [0.25, 0.3) is 0 Å². The molecular formula is C19H21Cl2N3O2. The molecule has 26 heavy (non-hydrogen) atoms. The van der Waals surface area contributed by atoms with E-state index in [-0.39, 0.29) is 18.4 Å². The fraction of sp³-hybridized carbons (Fsp3) is 0.263. The first-order valence-corrected chi connectivity index (χ1v) is 8.98. The minimum Gasteiger partial charge on any atom is -0.376 e. The molecule has 0 heterocycles. The van der Waals surface area contributed by atoms with Crippen molar-refractivity contribution in [3.63, 3.8) is 0 Å². The summed E-state index contributed by atoms with van der Waals surface area (Å²) in [4.78, 5) is 23.8. The molecule has 2 rings (SSSR count). The first-order chi connectivity index (χ1) is 12.3. The third-order valence-electron chi connectivity index (χ3n) is 3.44. The first-order valence-electron chi connectivity index (χ1n) is 8.23. The summed E-state index contributed by atoms with van der Waals surface area (Å²) in [6.45, 7) is 4.06. The van der Waals surface area contributed by atoms with Crippen LogP contribution in [0.4, 0.5) is 17.1 Å². The van der Waals surface area contributed by atoms with E-state index in [1.54, 1.807) is 42.5 Å². The van der Waals surface area contributed by atoms with E-state index in [1.165, 1.54) is 0 Å². The average molecular weight is 394 g/mol. The average Bonchev–Trinajstić information content (AvgIpc) is 2.57. The van der Waals surface area contributed by atoms with Crippen LogP contribution in [0, 0.1) is 5.92 Å². The van der Waals surface area contributed by atoms with Crippen LogP contribution in [0.3, 0.4) is 0 Å². The molecule has 0 atom stereocenters. The van der Waals surface area contributed by atoms with Gasteiger partial charge in [0.1, 0.15) is 0 Å². The van der Waals surface area contributed by atoms with E-state index in [0.29, 0.717) is 28.1 Å². The Morgan fingerprint density at radius 1 is 0.923 bits per heavy atom. The van der Waals surface area contributed by atoms with E-state index in [0.717, 1.165) is 11.4 Å². The molecule has 0 fully saturated rings. The van der Waals surface area contributed by atoms with Crippen LogP contribution in [-0.4, -0.2) is 18.4 Å². The third-order valence-corrected chi connectivity index (χ3v) is 4.26. The highest BCUT2D eigenvalue weighted by Crippen LogP contribution is 2.29. The first kappa shape index (κ1) is 20.1. The Morgan fingerprint density at radius 3 is 2.23 bits per heavy atom. The maximum Gasteiger partial charge on any atom is 0.243 e. The van der Waals surface area contributed by atoms with Gasteiger partial charge >= 0.3 is 0 Å². The molecule has 2 aromatic rings. The second-order valence-corrected chi connectivity index (χ2v) is 7.01. The van der Waals surface area contributed by atoms with E-state index in [1.807, 2.05) is 13.8 Å². The molecule has 0 aromatic heterocycles. The van der Waals surface area contributed by atoms with Crippen LogP contribution in [-0.2, 0) is 9.59 Å². The molecule has 5 nitrogen and oxygen atoms in total. The van der Waals surface area contributed by atoms with E-state index >= 15 is 0 Å². The summed E-state index contributed by atoms with van der Waals surface area (Å²) >= 11 is 12.0. The molecule has 138 valence electrons. The molecular weight excluding hydrogens is 373 g/mol. The van der Waals surface area contributed by atoms with E-state index in [9.17, 15) is 9.59 Å². The van der Waals surface area contributed by atoms with Crippen LogP contribution < -0.4 is 16.0 Å². The van der Waals surface area contributed by atoms with Gasteiger partial charge < -0.3 is 16.0 Å². The second-order valence-electron chi connectivity index (χ2n) is 6.23. The summed E-state index contributed by atoms with van der Waals surface area (Å²) in [7, 11) is 0. The van der Waals surface area contributed by atoms with Gasteiger partial charge in [-0.25, -0.2) is 0 Å². The highest BCUT2D eigenvalue weighted by Gasteiger charge is 2.08. The van der Waals surface area contributed by atoms with Gasteiger partial charge in [-0.1, -0.05) is 43.1 Å². The number of hydrogen-bond acceptors (Lipinski definition) is 3. The molecule has 0 saturated carbocycles. The molecule has 2 amide bonds. The number of nitrogens with one attached hydrogen (secondary N) is 3. The van der Waals surface area contributed by atoms with Crippen LogP contribution in [0.15, 0.2) is 42.5 Å². The van der Waals surface area contributed by atoms with Crippen LogP contribution >= 0.6 is 23.2 Å². The molecule has 0 unspecified atom stereocenters. The van der Waals surface area contributed by atoms with Crippen molar-refractivity contribution in [2.75, 3.05) is 22.5 Å². The summed E-state index contributed by atoms with van der Waals surface area (Å²) in [6.07, 6.45) is 0.478. The van der Waals surface area contributed by atoms with Crippen molar-refractivity contribution in [3.05, 3.63) is 52.5 Å². The monoisotopic (exact) mass is 393 g/mol. The molecule has 0 bridgehead atoms. The van der Waals surface area contributed by atoms with Gasteiger partial charge in [0.05, 0.1) is 22.3 Å². The van der Waals surface area contributed by atoms with E-state index in [2.05, 4.69) is 16.0 Å². The minimum absolute atomic E-state index is 0.0153. The fourth-order valence-corrected chi connectivity index (χ4v) is 2.58. The fourth-order valence-electron chi connectivity index (χ4n) is 2.23. The van der Waals surface area contributed by atoms with Crippen molar-refractivity contribution in [3.8, 4) is 0 Å². The highest BCUT2D eigenvalue weighted by molar-refractivity contribution is 6.44. The summed E-state index contributed by atoms with van der Waals surface area (Å²) in [5.74, 6) is 0.0458. The van der Waals surface area contributed by atoms with Crippen LogP contribution in [0.25, 0.3) is 0 Å². The summed E-state index contributed by atoms with van der Waals surface area (Å²) in [6, 6.07) is 12.2. The Kier molecular flexibility index (Phi) is 7.30. The zero-order valence-corrected chi connectivity index (χ0v) is 16.1. The molecule has 2 aromatic carbocycles. The summed E-state index contributed by atoms with van der Waals surface area (Å²) < 4.78 is 0. The van der Waals surface area contributed by atoms with Crippen LogP contribution in [0.1, 0.15) is 20.3 Å². The number of carbonyl (C=O) groups is 2. The van der Waals surface area contributed by atoms with E-state index in [4.69, 9.17) is 23.2 Å². The van der Waals surface area contributed by atoms with Crippen LogP contribution in [0.5, 0.6) is 0 Å². The predicted molar refractivity (Wildman–Crippen MR) is 108 cm³/mol. The molecule has 0 spiro atoms. The number of hydrogen-bond donors (Lipinski definition) is 3. The van der Waals surface area contributed by atoms with Gasteiger partial charge in [-0.2, -0.15) is 0 Å². The number of halogens is 2. The van der Waals surface area contributed by atoms with Gasteiger partial charge in [0.15, 0.2) is 0 Å². The van der Waals surface area contributed by atoms with Gasteiger partial charge in [-0.05, 0) is 42.3 Å². The number of anilines is 3. The Bertz CT molecular complexity index is 777. The molecule has 3 N–H and O–H groups in total. The van der Waals surface area contributed by atoms with Crippen molar-refractivity contribution >= 4 is 52.1 Å². The maximum absolute atomic E-state index is 12.0. The zero-order valence-electron chi connectivity index (χ0n) is 14.6. The van der Waals surface area contributed by atoms with Gasteiger partial charge in [-0.3, -0.25) is 9.59 Å². The molecule has 0 aliphatic rings. The van der Waals surface area contributed by atoms with Gasteiger partial charge in [0, 0.05) is 17.8 Å². The quantitative estimate of drug-likeness (QED) is 0.617. The SMILES string of the molecule is CC(C)CC(=O)Nc1ccc(NCC(=O)Nc2cccc(Cl)c2Cl)cc1. The molecule has 0 aliphatic carbocycles. The Hall–Kier alpha value is -2.24. The lowest BCUT2D eigenvalue weighted by atomic mass is 10.1.